The largest absolute Gasteiger partial charge is 0.336 e. The molecule has 0 spiro atoms. The molecule has 2 rings (SSSR count). The second-order valence-corrected chi connectivity index (χ2v) is 4.50. The van der Waals surface area contributed by atoms with Crippen LogP contribution in [-0.4, -0.2) is 21.2 Å². The quantitative estimate of drug-likeness (QED) is 0.938. The van der Waals surface area contributed by atoms with Crippen molar-refractivity contribution in [2.45, 2.75) is 19.9 Å². The number of nitrogens with one attached hydrogen (secondary N) is 1. The van der Waals surface area contributed by atoms with Gasteiger partial charge in [0.15, 0.2) is 0 Å². The van der Waals surface area contributed by atoms with Gasteiger partial charge in [0.05, 0.1) is 0 Å². The van der Waals surface area contributed by atoms with Crippen LogP contribution >= 0.6 is 15.9 Å². The van der Waals surface area contributed by atoms with Crippen molar-refractivity contribution in [3.05, 3.63) is 22.8 Å². The first-order valence-electron chi connectivity index (χ1n) is 4.87. The number of anilines is 1. The third-order valence-electron chi connectivity index (χ3n) is 1.79. The maximum Gasteiger partial charge on any atom is 0.322 e. The van der Waals surface area contributed by atoms with Crippen LogP contribution in [0, 0.1) is 0 Å². The summed E-state index contributed by atoms with van der Waals surface area (Å²) >= 11 is 3.32. The maximum absolute atomic E-state index is 5.04. The van der Waals surface area contributed by atoms with Crippen molar-refractivity contribution in [3.8, 4) is 11.5 Å². The van der Waals surface area contributed by atoms with E-state index in [4.69, 9.17) is 4.52 Å². The molecule has 84 valence electrons. The maximum atomic E-state index is 5.04. The third-order valence-corrected chi connectivity index (χ3v) is 2.26. The summed E-state index contributed by atoms with van der Waals surface area (Å²) < 4.78 is 5.95. The van der Waals surface area contributed by atoms with Gasteiger partial charge >= 0.3 is 6.01 Å². The van der Waals surface area contributed by atoms with Crippen molar-refractivity contribution in [2.24, 2.45) is 0 Å². The minimum atomic E-state index is 0.256. The Kier molecular flexibility index (Phi) is 3.19. The molecule has 0 fully saturated rings. The number of rotatable bonds is 3. The van der Waals surface area contributed by atoms with Crippen LogP contribution in [0.3, 0.4) is 0 Å². The zero-order valence-electron chi connectivity index (χ0n) is 8.94. The summed E-state index contributed by atoms with van der Waals surface area (Å²) in [4.78, 5) is 8.36. The number of hydrogen-bond acceptors (Lipinski definition) is 5. The molecule has 0 aliphatic rings. The number of halogens is 1. The van der Waals surface area contributed by atoms with E-state index in [1.165, 1.54) is 0 Å². The van der Waals surface area contributed by atoms with Crippen LogP contribution < -0.4 is 5.32 Å². The average molecular weight is 283 g/mol. The lowest BCUT2D eigenvalue weighted by molar-refractivity contribution is 0.429. The van der Waals surface area contributed by atoms with E-state index >= 15 is 0 Å². The number of aromatic nitrogens is 3. The molecule has 1 N–H and O–H groups in total. The lowest BCUT2D eigenvalue weighted by Gasteiger charge is -2.01. The first-order valence-corrected chi connectivity index (χ1v) is 5.66. The van der Waals surface area contributed by atoms with Crippen molar-refractivity contribution in [1.82, 2.24) is 15.1 Å². The summed E-state index contributed by atoms with van der Waals surface area (Å²) in [6.45, 7) is 4.00. The minimum Gasteiger partial charge on any atom is -0.336 e. The monoisotopic (exact) mass is 282 g/mol. The predicted molar refractivity (Wildman–Crippen MR) is 64.0 cm³/mol. The van der Waals surface area contributed by atoms with E-state index in [1.54, 1.807) is 6.20 Å². The van der Waals surface area contributed by atoms with Gasteiger partial charge in [0, 0.05) is 16.7 Å². The number of nitrogens with zero attached hydrogens (tertiary/aromatic N) is 3. The van der Waals surface area contributed by atoms with Crippen molar-refractivity contribution in [2.75, 3.05) is 5.32 Å². The van der Waals surface area contributed by atoms with E-state index in [0.29, 0.717) is 17.5 Å². The molecular formula is C10H11BrN4O. The van der Waals surface area contributed by atoms with Gasteiger partial charge in [-0.3, -0.25) is 4.98 Å². The molecule has 16 heavy (non-hydrogen) atoms. The molecule has 2 heterocycles. The Morgan fingerprint density at radius 2 is 2.19 bits per heavy atom. The lowest BCUT2D eigenvalue weighted by atomic mass is 10.3. The summed E-state index contributed by atoms with van der Waals surface area (Å²) in [6.07, 6.45) is 1.70. The SMILES string of the molecule is CC(C)Nc1nc(-c2ccc(Br)cn2)no1. The Morgan fingerprint density at radius 1 is 1.38 bits per heavy atom. The highest BCUT2D eigenvalue weighted by molar-refractivity contribution is 9.10. The molecule has 6 heteroatoms. The van der Waals surface area contributed by atoms with Crippen molar-refractivity contribution in [1.29, 1.82) is 0 Å². The molecule has 0 radical (unpaired) electrons. The summed E-state index contributed by atoms with van der Waals surface area (Å²) in [5.74, 6) is 0.482. The van der Waals surface area contributed by atoms with Gasteiger partial charge in [0.2, 0.25) is 5.82 Å². The molecule has 2 aromatic heterocycles. The molecule has 0 aliphatic heterocycles. The van der Waals surface area contributed by atoms with Gasteiger partial charge < -0.3 is 9.84 Å². The second kappa shape index (κ2) is 4.61. The highest BCUT2D eigenvalue weighted by Crippen LogP contribution is 2.17. The first kappa shape index (κ1) is 11.1. The molecule has 0 aromatic carbocycles. The van der Waals surface area contributed by atoms with E-state index in [1.807, 2.05) is 26.0 Å². The normalized spacial score (nSPS) is 10.8. The molecule has 0 saturated carbocycles. The van der Waals surface area contributed by atoms with Crippen LogP contribution in [0.15, 0.2) is 27.3 Å². The van der Waals surface area contributed by atoms with E-state index in [-0.39, 0.29) is 6.04 Å². The Labute approximate surface area is 101 Å². The zero-order chi connectivity index (χ0) is 11.5. The Balaban J connectivity index is 2.21. The van der Waals surface area contributed by atoms with Crippen molar-refractivity contribution in [3.63, 3.8) is 0 Å². The fourth-order valence-corrected chi connectivity index (χ4v) is 1.38. The standard InChI is InChI=1S/C10H11BrN4O/c1-6(2)13-10-14-9(15-16-10)8-4-3-7(11)5-12-8/h3-6H,1-2H3,(H,13,14,15). The number of pyridine rings is 1. The molecule has 5 nitrogen and oxygen atoms in total. The molecule has 0 amide bonds. The average Bonchev–Trinajstić information content (AvgIpc) is 2.66. The molecule has 0 bridgehead atoms. The van der Waals surface area contributed by atoms with Crippen molar-refractivity contribution < 1.29 is 4.52 Å². The van der Waals surface area contributed by atoms with Crippen LogP contribution in [0.25, 0.3) is 11.5 Å². The van der Waals surface area contributed by atoms with Gasteiger partial charge in [-0.1, -0.05) is 5.16 Å². The summed E-state index contributed by atoms with van der Waals surface area (Å²) in [6, 6.07) is 4.38. The predicted octanol–water partition coefficient (Wildman–Crippen LogP) is 2.71. The first-order chi connectivity index (χ1) is 7.65. The van der Waals surface area contributed by atoms with Gasteiger partial charge in [-0.2, -0.15) is 4.98 Å². The van der Waals surface area contributed by atoms with Crippen LogP contribution in [0.1, 0.15) is 13.8 Å². The smallest absolute Gasteiger partial charge is 0.322 e. The molecule has 2 aromatic rings. The minimum absolute atomic E-state index is 0.256. The summed E-state index contributed by atoms with van der Waals surface area (Å²) in [7, 11) is 0. The van der Waals surface area contributed by atoms with Gasteiger partial charge in [-0.15, -0.1) is 0 Å². The summed E-state index contributed by atoms with van der Waals surface area (Å²) in [5, 5.41) is 6.87. The molecule has 0 atom stereocenters. The lowest BCUT2D eigenvalue weighted by Crippen LogP contribution is -2.09. The highest BCUT2D eigenvalue weighted by atomic mass is 79.9. The van der Waals surface area contributed by atoms with Gasteiger partial charge in [-0.05, 0) is 41.9 Å². The highest BCUT2D eigenvalue weighted by Gasteiger charge is 2.09. The van der Waals surface area contributed by atoms with Gasteiger partial charge in [0.1, 0.15) is 5.69 Å². The fourth-order valence-electron chi connectivity index (χ4n) is 1.14. The fraction of sp³-hybridized carbons (Fsp3) is 0.300. The van der Waals surface area contributed by atoms with E-state index < -0.39 is 0 Å². The second-order valence-electron chi connectivity index (χ2n) is 3.58. The van der Waals surface area contributed by atoms with E-state index in [0.717, 1.165) is 4.47 Å². The molecule has 0 saturated heterocycles. The zero-order valence-corrected chi connectivity index (χ0v) is 10.5. The third kappa shape index (κ3) is 2.57. The Hall–Kier alpha value is -1.43. The summed E-state index contributed by atoms with van der Waals surface area (Å²) in [5.41, 5.74) is 0.684. The molecule has 0 aliphatic carbocycles. The Morgan fingerprint density at radius 3 is 2.81 bits per heavy atom. The van der Waals surface area contributed by atoms with Crippen LogP contribution in [0.2, 0.25) is 0 Å². The Bertz CT molecular complexity index is 466. The van der Waals surface area contributed by atoms with E-state index in [9.17, 15) is 0 Å². The van der Waals surface area contributed by atoms with Crippen LogP contribution in [-0.2, 0) is 0 Å². The topological polar surface area (TPSA) is 63.8 Å². The van der Waals surface area contributed by atoms with Crippen LogP contribution in [0.5, 0.6) is 0 Å². The van der Waals surface area contributed by atoms with Gasteiger partial charge in [0.25, 0.3) is 0 Å². The van der Waals surface area contributed by atoms with E-state index in [2.05, 4.69) is 36.4 Å². The molecular weight excluding hydrogens is 272 g/mol. The molecule has 0 unspecified atom stereocenters. The van der Waals surface area contributed by atoms with Gasteiger partial charge in [-0.25, -0.2) is 0 Å². The van der Waals surface area contributed by atoms with Crippen molar-refractivity contribution >= 4 is 21.9 Å². The number of hydrogen-bond donors (Lipinski definition) is 1. The van der Waals surface area contributed by atoms with Crippen LogP contribution in [0.4, 0.5) is 6.01 Å².